The summed E-state index contributed by atoms with van der Waals surface area (Å²) in [6.07, 6.45) is 12.6. The van der Waals surface area contributed by atoms with Crippen molar-refractivity contribution in [3.63, 3.8) is 0 Å². The summed E-state index contributed by atoms with van der Waals surface area (Å²) in [5.74, 6) is 1.54. The number of carbonyl (C=O) groups is 1. The summed E-state index contributed by atoms with van der Waals surface area (Å²) in [5.41, 5.74) is 1.94. The SMILES string of the molecule is CCC1CCc2c(sc(NC(=O)CCC3CCCCC3)c2C#N)C1. The summed E-state index contributed by atoms with van der Waals surface area (Å²) in [6, 6.07) is 2.34. The fourth-order valence-corrected chi connectivity index (χ4v) is 5.54. The van der Waals surface area contributed by atoms with Gasteiger partial charge >= 0.3 is 0 Å². The number of anilines is 1. The predicted molar refractivity (Wildman–Crippen MR) is 99.3 cm³/mol. The average molecular weight is 345 g/mol. The first-order valence-corrected chi connectivity index (χ1v) is 10.4. The van der Waals surface area contributed by atoms with Crippen molar-refractivity contribution in [3.05, 3.63) is 16.0 Å². The van der Waals surface area contributed by atoms with E-state index in [1.807, 2.05) is 0 Å². The molecule has 0 aliphatic heterocycles. The van der Waals surface area contributed by atoms with Crippen LogP contribution in [0.5, 0.6) is 0 Å². The number of fused-ring (bicyclic) bond motifs is 1. The Bertz CT molecular complexity index is 622. The molecule has 4 heteroatoms. The van der Waals surface area contributed by atoms with Gasteiger partial charge in [-0.1, -0.05) is 45.4 Å². The van der Waals surface area contributed by atoms with Gasteiger partial charge in [0.2, 0.25) is 5.91 Å². The fourth-order valence-electron chi connectivity index (χ4n) is 4.21. The minimum atomic E-state index is 0.0858. The zero-order valence-corrected chi connectivity index (χ0v) is 15.5. The van der Waals surface area contributed by atoms with Crippen molar-refractivity contribution in [1.29, 1.82) is 5.26 Å². The molecule has 1 aromatic rings. The van der Waals surface area contributed by atoms with Crippen LogP contribution in [0.15, 0.2) is 0 Å². The first-order valence-electron chi connectivity index (χ1n) is 9.55. The van der Waals surface area contributed by atoms with Gasteiger partial charge in [-0.2, -0.15) is 5.26 Å². The number of rotatable bonds is 5. The van der Waals surface area contributed by atoms with Gasteiger partial charge in [0.1, 0.15) is 11.1 Å². The minimum Gasteiger partial charge on any atom is -0.317 e. The second-order valence-corrected chi connectivity index (χ2v) is 8.53. The lowest BCUT2D eigenvalue weighted by molar-refractivity contribution is -0.116. The van der Waals surface area contributed by atoms with E-state index in [0.29, 0.717) is 6.42 Å². The first kappa shape index (κ1) is 17.5. The summed E-state index contributed by atoms with van der Waals surface area (Å²) < 4.78 is 0. The molecule has 24 heavy (non-hydrogen) atoms. The molecule has 130 valence electrons. The summed E-state index contributed by atoms with van der Waals surface area (Å²) in [4.78, 5) is 13.7. The molecule has 2 aliphatic rings. The second kappa shape index (κ2) is 8.16. The van der Waals surface area contributed by atoms with Crippen LogP contribution in [0, 0.1) is 23.2 Å². The van der Waals surface area contributed by atoms with Gasteiger partial charge in [-0.15, -0.1) is 11.3 Å². The van der Waals surface area contributed by atoms with Gasteiger partial charge in [0.15, 0.2) is 0 Å². The monoisotopic (exact) mass is 344 g/mol. The number of hydrogen-bond donors (Lipinski definition) is 1. The molecule has 1 atom stereocenters. The molecule has 3 rings (SSSR count). The highest BCUT2D eigenvalue weighted by atomic mass is 32.1. The third-order valence-corrected chi connectivity index (χ3v) is 6.98. The van der Waals surface area contributed by atoms with Crippen LogP contribution in [0.25, 0.3) is 0 Å². The minimum absolute atomic E-state index is 0.0858. The summed E-state index contributed by atoms with van der Waals surface area (Å²) in [7, 11) is 0. The molecule has 3 nitrogen and oxygen atoms in total. The van der Waals surface area contributed by atoms with Crippen LogP contribution >= 0.6 is 11.3 Å². The van der Waals surface area contributed by atoms with E-state index in [9.17, 15) is 10.1 Å². The smallest absolute Gasteiger partial charge is 0.225 e. The van der Waals surface area contributed by atoms with Crippen molar-refractivity contribution >= 4 is 22.2 Å². The Kier molecular flexibility index (Phi) is 5.94. The van der Waals surface area contributed by atoms with Gasteiger partial charge in [-0.25, -0.2) is 0 Å². The first-order chi connectivity index (χ1) is 11.7. The third kappa shape index (κ3) is 4.00. The lowest BCUT2D eigenvalue weighted by Gasteiger charge is -2.20. The zero-order chi connectivity index (χ0) is 16.9. The van der Waals surface area contributed by atoms with E-state index >= 15 is 0 Å². The Labute approximate surface area is 149 Å². The van der Waals surface area contributed by atoms with Gasteiger partial charge in [0.05, 0.1) is 5.56 Å². The maximum atomic E-state index is 12.3. The van der Waals surface area contributed by atoms with E-state index < -0.39 is 0 Å². The summed E-state index contributed by atoms with van der Waals surface area (Å²) in [5, 5.41) is 13.4. The number of amides is 1. The molecule has 0 spiro atoms. The largest absolute Gasteiger partial charge is 0.317 e. The molecular formula is C20H28N2OS. The van der Waals surface area contributed by atoms with E-state index in [1.54, 1.807) is 11.3 Å². The summed E-state index contributed by atoms with van der Waals surface area (Å²) in [6.45, 7) is 2.24. The van der Waals surface area contributed by atoms with Crippen LogP contribution in [0.2, 0.25) is 0 Å². The van der Waals surface area contributed by atoms with Gasteiger partial charge in [0, 0.05) is 11.3 Å². The van der Waals surface area contributed by atoms with Crippen molar-refractivity contribution < 1.29 is 4.79 Å². The number of nitriles is 1. The van der Waals surface area contributed by atoms with E-state index in [4.69, 9.17) is 0 Å². The number of thiophene rings is 1. The normalized spacial score (nSPS) is 21.1. The van der Waals surface area contributed by atoms with E-state index in [2.05, 4.69) is 18.3 Å². The van der Waals surface area contributed by atoms with Crippen LogP contribution in [0.4, 0.5) is 5.00 Å². The third-order valence-electron chi connectivity index (χ3n) is 5.81. The van der Waals surface area contributed by atoms with Gasteiger partial charge in [-0.3, -0.25) is 4.79 Å². The lowest BCUT2D eigenvalue weighted by atomic mass is 9.86. The van der Waals surface area contributed by atoms with Crippen LogP contribution < -0.4 is 5.32 Å². The molecule has 0 bridgehead atoms. The molecule has 0 aromatic carbocycles. The number of nitrogens with zero attached hydrogens (tertiary/aromatic N) is 1. The van der Waals surface area contributed by atoms with E-state index in [1.165, 1.54) is 55.4 Å². The maximum Gasteiger partial charge on any atom is 0.225 e. The van der Waals surface area contributed by atoms with Gasteiger partial charge in [0.25, 0.3) is 0 Å². The Morgan fingerprint density at radius 3 is 2.75 bits per heavy atom. The molecule has 1 saturated carbocycles. The van der Waals surface area contributed by atoms with Crippen molar-refractivity contribution in [3.8, 4) is 6.07 Å². The van der Waals surface area contributed by atoms with Crippen molar-refractivity contribution in [2.24, 2.45) is 11.8 Å². The molecule has 1 N–H and O–H groups in total. The van der Waals surface area contributed by atoms with Crippen LogP contribution in [0.3, 0.4) is 0 Å². The molecule has 1 fully saturated rings. The Morgan fingerprint density at radius 2 is 2.04 bits per heavy atom. The van der Waals surface area contributed by atoms with Crippen LogP contribution in [-0.2, 0) is 17.6 Å². The molecule has 0 saturated heterocycles. The summed E-state index contributed by atoms with van der Waals surface area (Å²) >= 11 is 1.64. The Morgan fingerprint density at radius 1 is 1.25 bits per heavy atom. The molecule has 1 amide bonds. The molecule has 1 unspecified atom stereocenters. The van der Waals surface area contributed by atoms with E-state index in [-0.39, 0.29) is 5.91 Å². The fraction of sp³-hybridized carbons (Fsp3) is 0.700. The van der Waals surface area contributed by atoms with Crippen molar-refractivity contribution in [2.75, 3.05) is 5.32 Å². The maximum absolute atomic E-state index is 12.3. The Hall–Kier alpha value is -1.34. The molecular weight excluding hydrogens is 316 g/mol. The quantitative estimate of drug-likeness (QED) is 0.774. The second-order valence-electron chi connectivity index (χ2n) is 7.43. The van der Waals surface area contributed by atoms with Gasteiger partial charge in [-0.05, 0) is 43.1 Å². The highest BCUT2D eigenvalue weighted by Gasteiger charge is 2.25. The van der Waals surface area contributed by atoms with Gasteiger partial charge < -0.3 is 5.32 Å². The Balaban J connectivity index is 1.61. The highest BCUT2D eigenvalue weighted by molar-refractivity contribution is 7.16. The molecule has 0 radical (unpaired) electrons. The average Bonchev–Trinajstić information content (AvgIpc) is 2.96. The van der Waals surface area contributed by atoms with Crippen molar-refractivity contribution in [1.82, 2.24) is 0 Å². The number of hydrogen-bond acceptors (Lipinski definition) is 3. The lowest BCUT2D eigenvalue weighted by Crippen LogP contribution is -2.15. The van der Waals surface area contributed by atoms with Crippen LogP contribution in [-0.4, -0.2) is 5.91 Å². The highest BCUT2D eigenvalue weighted by Crippen LogP contribution is 2.40. The number of nitrogens with one attached hydrogen (secondary N) is 1. The standard InChI is InChI=1S/C20H28N2OS/c1-2-14-8-10-16-17(13-21)20(24-18(16)12-14)22-19(23)11-9-15-6-4-3-5-7-15/h14-15H,2-12H2,1H3,(H,22,23). The molecule has 1 aromatic heterocycles. The zero-order valence-electron chi connectivity index (χ0n) is 14.7. The topological polar surface area (TPSA) is 52.9 Å². The van der Waals surface area contributed by atoms with E-state index in [0.717, 1.165) is 41.7 Å². The predicted octanol–water partition coefficient (Wildman–Crippen LogP) is 5.43. The van der Waals surface area contributed by atoms with Crippen LogP contribution in [0.1, 0.15) is 80.7 Å². The molecule has 2 aliphatic carbocycles. The molecule has 1 heterocycles. The number of carbonyl (C=O) groups excluding carboxylic acids is 1. The van der Waals surface area contributed by atoms with Crippen molar-refractivity contribution in [2.45, 2.75) is 77.6 Å².